The Balaban J connectivity index is 0. The first kappa shape index (κ1) is 19.5. The van der Waals surface area contributed by atoms with Crippen molar-refractivity contribution in [3.05, 3.63) is 35.9 Å². The van der Waals surface area contributed by atoms with Crippen molar-refractivity contribution in [3.8, 4) is 0 Å². The van der Waals surface area contributed by atoms with Crippen LogP contribution >= 0.6 is 11.8 Å². The lowest BCUT2D eigenvalue weighted by Gasteiger charge is -2.05. The molecule has 0 saturated carbocycles. The molecule has 0 unspecified atom stereocenters. The van der Waals surface area contributed by atoms with Crippen LogP contribution in [0, 0.1) is 6.92 Å². The van der Waals surface area contributed by atoms with Crippen LogP contribution in [0.15, 0.2) is 30.3 Å². The number of aryl methyl sites for hydroxylation is 1. The molecule has 1 aromatic rings. The molecule has 0 spiro atoms. The zero-order valence-electron chi connectivity index (χ0n) is 12.3. The first-order chi connectivity index (χ1) is 8.74. The van der Waals surface area contributed by atoms with Crippen molar-refractivity contribution in [1.29, 1.82) is 0 Å². The van der Waals surface area contributed by atoms with Gasteiger partial charge in [0.15, 0.2) is 0 Å². The van der Waals surface area contributed by atoms with Gasteiger partial charge in [-0.2, -0.15) is 11.8 Å². The van der Waals surface area contributed by atoms with E-state index >= 15 is 0 Å². The minimum absolute atomic E-state index is 0.0532. The molecule has 0 aliphatic rings. The van der Waals surface area contributed by atoms with E-state index in [0.717, 1.165) is 18.5 Å². The monoisotopic (exact) mass is 269 g/mol. The Morgan fingerprint density at radius 3 is 2.11 bits per heavy atom. The molecule has 2 nitrogen and oxygen atoms in total. The number of aldehydes is 1. The highest BCUT2D eigenvalue weighted by Gasteiger charge is 2.00. The van der Waals surface area contributed by atoms with E-state index in [1.807, 2.05) is 38.3 Å². The fourth-order valence-corrected chi connectivity index (χ4v) is 1.55. The van der Waals surface area contributed by atoms with E-state index in [2.05, 4.69) is 24.4 Å². The molecule has 0 aliphatic carbocycles. The van der Waals surface area contributed by atoms with Crippen LogP contribution in [0.1, 0.15) is 25.8 Å². The number of likely N-dealkylation sites (N-methyl/N-ethyl adjacent to an activating group) is 1. The largest absolute Gasteiger partial charge is 0.311 e. The van der Waals surface area contributed by atoms with E-state index in [9.17, 15) is 4.79 Å². The van der Waals surface area contributed by atoms with Crippen LogP contribution in [-0.2, 0) is 4.79 Å². The summed E-state index contributed by atoms with van der Waals surface area (Å²) < 4.78 is 0. The summed E-state index contributed by atoms with van der Waals surface area (Å²) in [6.07, 6.45) is 3.93. The van der Waals surface area contributed by atoms with Crippen LogP contribution in [0.25, 0.3) is 0 Å². The maximum Gasteiger partial charge on any atom is 0.136 e. The quantitative estimate of drug-likeness (QED) is 0.829. The molecule has 1 rings (SSSR count). The summed E-state index contributed by atoms with van der Waals surface area (Å²) in [6, 6.07) is 10.3. The fraction of sp³-hybridized carbons (Fsp3) is 0.533. The number of hydrogen-bond acceptors (Lipinski definition) is 3. The summed E-state index contributed by atoms with van der Waals surface area (Å²) in [7, 11) is 1.80. The molecule has 1 atom stereocenters. The normalized spacial score (nSPS) is 10.3. The Labute approximate surface area is 117 Å². The van der Waals surface area contributed by atoms with Crippen molar-refractivity contribution >= 4 is 18.0 Å². The van der Waals surface area contributed by atoms with E-state index in [0.29, 0.717) is 0 Å². The van der Waals surface area contributed by atoms with E-state index in [-0.39, 0.29) is 6.04 Å². The van der Waals surface area contributed by atoms with Gasteiger partial charge in [-0.05, 0) is 32.4 Å². The van der Waals surface area contributed by atoms with Gasteiger partial charge in [-0.1, -0.05) is 49.7 Å². The third-order valence-corrected chi connectivity index (χ3v) is 2.75. The number of thioether (sulfide) groups is 1. The predicted octanol–water partition coefficient (Wildman–Crippen LogP) is 3.55. The lowest BCUT2D eigenvalue weighted by Crippen LogP contribution is -2.26. The first-order valence-corrected chi connectivity index (χ1v) is 7.77. The molecule has 0 heterocycles. The molecule has 104 valence electrons. The molecular formula is C15H27NOS. The molecule has 0 saturated heterocycles. The second-order valence-corrected chi connectivity index (χ2v) is 4.45. The standard InChI is InChI=1S/C7H8.C6H13NOS.C2H6/c1-7-5-3-2-4-6-7;1-7-6(5-8)3-4-9-2;1-2/h2-6H,1H3;5-7H,3-4H2,1-2H3;1-2H3/t;6-;/m.1./s1. The van der Waals surface area contributed by atoms with Gasteiger partial charge in [0.2, 0.25) is 0 Å². The smallest absolute Gasteiger partial charge is 0.136 e. The summed E-state index contributed by atoms with van der Waals surface area (Å²) >= 11 is 1.76. The molecule has 0 amide bonds. The third kappa shape index (κ3) is 13.3. The number of nitrogens with one attached hydrogen (secondary N) is 1. The fourth-order valence-electron chi connectivity index (χ4n) is 1.06. The minimum atomic E-state index is 0.0532. The SMILES string of the molecule is CC.CN[C@@H](C=O)CCSC.Cc1ccccc1. The number of carbonyl (C=O) groups is 1. The van der Waals surface area contributed by atoms with Crippen molar-refractivity contribution in [1.82, 2.24) is 5.32 Å². The Hall–Kier alpha value is -0.800. The van der Waals surface area contributed by atoms with Gasteiger partial charge in [-0.3, -0.25) is 0 Å². The van der Waals surface area contributed by atoms with Crippen LogP contribution in [0.4, 0.5) is 0 Å². The first-order valence-electron chi connectivity index (χ1n) is 6.37. The van der Waals surface area contributed by atoms with E-state index in [1.165, 1.54) is 5.56 Å². The third-order valence-electron chi connectivity index (χ3n) is 2.11. The van der Waals surface area contributed by atoms with Gasteiger partial charge in [0, 0.05) is 0 Å². The molecule has 1 N–H and O–H groups in total. The van der Waals surface area contributed by atoms with Gasteiger partial charge in [0.05, 0.1) is 6.04 Å². The Bertz CT molecular complexity index is 264. The van der Waals surface area contributed by atoms with E-state index < -0.39 is 0 Å². The molecule has 0 aliphatic heterocycles. The Morgan fingerprint density at radius 1 is 1.28 bits per heavy atom. The molecule has 0 aromatic heterocycles. The van der Waals surface area contributed by atoms with E-state index in [1.54, 1.807) is 18.8 Å². The van der Waals surface area contributed by atoms with Crippen molar-refractivity contribution in [2.45, 2.75) is 33.2 Å². The van der Waals surface area contributed by atoms with Gasteiger partial charge >= 0.3 is 0 Å². The van der Waals surface area contributed by atoms with Crippen LogP contribution < -0.4 is 5.32 Å². The van der Waals surface area contributed by atoms with Gasteiger partial charge < -0.3 is 10.1 Å². The summed E-state index contributed by atoms with van der Waals surface area (Å²) in [5.74, 6) is 1.05. The van der Waals surface area contributed by atoms with Crippen LogP contribution in [-0.4, -0.2) is 31.4 Å². The van der Waals surface area contributed by atoms with Crippen LogP contribution in [0.5, 0.6) is 0 Å². The van der Waals surface area contributed by atoms with Crippen molar-refractivity contribution in [3.63, 3.8) is 0 Å². The molecule has 0 fully saturated rings. The molecule has 0 radical (unpaired) electrons. The molecule has 18 heavy (non-hydrogen) atoms. The highest BCUT2D eigenvalue weighted by atomic mass is 32.2. The highest BCUT2D eigenvalue weighted by molar-refractivity contribution is 7.98. The Morgan fingerprint density at radius 2 is 1.83 bits per heavy atom. The lowest BCUT2D eigenvalue weighted by molar-refractivity contribution is -0.109. The minimum Gasteiger partial charge on any atom is -0.311 e. The maximum absolute atomic E-state index is 10.2. The molecule has 3 heteroatoms. The second-order valence-electron chi connectivity index (χ2n) is 3.47. The van der Waals surface area contributed by atoms with Gasteiger partial charge in [-0.15, -0.1) is 0 Å². The zero-order valence-corrected chi connectivity index (χ0v) is 13.1. The predicted molar refractivity (Wildman–Crippen MR) is 84.4 cm³/mol. The average Bonchev–Trinajstić information content (AvgIpc) is 2.44. The van der Waals surface area contributed by atoms with Gasteiger partial charge in [-0.25, -0.2) is 0 Å². The van der Waals surface area contributed by atoms with Gasteiger partial charge in [0.25, 0.3) is 0 Å². The summed E-state index contributed by atoms with van der Waals surface area (Å²) in [5.41, 5.74) is 1.32. The van der Waals surface area contributed by atoms with Crippen molar-refractivity contribution in [2.24, 2.45) is 0 Å². The van der Waals surface area contributed by atoms with Crippen molar-refractivity contribution < 1.29 is 4.79 Å². The topological polar surface area (TPSA) is 29.1 Å². The lowest BCUT2D eigenvalue weighted by atomic mass is 10.2. The number of hydrogen-bond donors (Lipinski definition) is 1. The van der Waals surface area contributed by atoms with Gasteiger partial charge in [0.1, 0.15) is 6.29 Å². The van der Waals surface area contributed by atoms with Crippen molar-refractivity contribution in [2.75, 3.05) is 19.1 Å². The number of benzene rings is 1. The molecule has 1 aromatic carbocycles. The van der Waals surface area contributed by atoms with E-state index in [4.69, 9.17) is 0 Å². The summed E-state index contributed by atoms with van der Waals surface area (Å²) in [4.78, 5) is 10.2. The summed E-state index contributed by atoms with van der Waals surface area (Å²) in [5, 5.41) is 2.91. The molecule has 0 bridgehead atoms. The Kier molecular flexibility index (Phi) is 17.6. The summed E-state index contributed by atoms with van der Waals surface area (Å²) in [6.45, 7) is 6.08. The molecular weight excluding hydrogens is 242 g/mol. The van der Waals surface area contributed by atoms with Crippen LogP contribution in [0.2, 0.25) is 0 Å². The number of rotatable bonds is 5. The average molecular weight is 269 g/mol. The highest BCUT2D eigenvalue weighted by Crippen LogP contribution is 1.97. The zero-order chi connectivity index (χ0) is 14.2. The maximum atomic E-state index is 10.2. The second kappa shape index (κ2) is 16.2. The van der Waals surface area contributed by atoms with Crippen LogP contribution in [0.3, 0.4) is 0 Å². The number of carbonyl (C=O) groups excluding carboxylic acids is 1.